The Labute approximate surface area is 154 Å². The van der Waals surface area contributed by atoms with Crippen molar-refractivity contribution in [2.45, 2.75) is 32.7 Å². The molecule has 1 saturated carbocycles. The van der Waals surface area contributed by atoms with Crippen LogP contribution < -0.4 is 4.80 Å². The second-order valence-electron chi connectivity index (χ2n) is 6.36. The number of hydrogen-bond acceptors (Lipinski definition) is 2. The van der Waals surface area contributed by atoms with Gasteiger partial charge in [0.05, 0.1) is 11.4 Å². The minimum absolute atomic E-state index is 0.587. The number of aromatic nitrogens is 1. The van der Waals surface area contributed by atoms with E-state index in [0.29, 0.717) is 6.04 Å². The summed E-state index contributed by atoms with van der Waals surface area (Å²) in [6, 6.07) is 15.4. The molecule has 0 bridgehead atoms. The Morgan fingerprint density at radius 3 is 2.58 bits per heavy atom. The number of halogens is 1. The maximum Gasteiger partial charge on any atom is 0.190 e. The zero-order chi connectivity index (χ0) is 16.7. The second kappa shape index (κ2) is 6.34. The van der Waals surface area contributed by atoms with Gasteiger partial charge in [-0.05, 0) is 56.0 Å². The van der Waals surface area contributed by atoms with Gasteiger partial charge in [0.15, 0.2) is 4.80 Å². The van der Waals surface area contributed by atoms with E-state index < -0.39 is 0 Å². The van der Waals surface area contributed by atoms with E-state index in [0.717, 1.165) is 15.0 Å². The van der Waals surface area contributed by atoms with Gasteiger partial charge >= 0.3 is 0 Å². The quantitative estimate of drug-likeness (QED) is 0.502. The molecule has 0 unspecified atom stereocenters. The van der Waals surface area contributed by atoms with E-state index in [1.54, 1.807) is 11.3 Å². The largest absolute Gasteiger partial charge is 0.313 e. The predicted molar refractivity (Wildman–Crippen MR) is 105 cm³/mol. The Kier molecular flexibility index (Phi) is 4.19. The lowest BCUT2D eigenvalue weighted by Gasteiger charge is -2.09. The van der Waals surface area contributed by atoms with Crippen molar-refractivity contribution in [2.24, 2.45) is 4.99 Å². The van der Waals surface area contributed by atoms with Gasteiger partial charge in [-0.15, -0.1) is 11.3 Å². The molecule has 0 saturated heterocycles. The minimum atomic E-state index is 0.587. The van der Waals surface area contributed by atoms with Gasteiger partial charge in [-0.25, -0.2) is 4.99 Å². The van der Waals surface area contributed by atoms with E-state index >= 15 is 0 Å². The van der Waals surface area contributed by atoms with Crippen LogP contribution in [-0.2, 0) is 0 Å². The monoisotopic (exact) mass is 398 g/mol. The fraction of sp³-hybridized carbons (Fsp3) is 0.250. The van der Waals surface area contributed by atoms with Crippen molar-refractivity contribution >= 4 is 33.0 Å². The zero-order valence-electron chi connectivity index (χ0n) is 13.8. The van der Waals surface area contributed by atoms with Gasteiger partial charge in [0.2, 0.25) is 0 Å². The molecule has 1 aliphatic rings. The number of aryl methyl sites for hydroxylation is 2. The van der Waals surface area contributed by atoms with Crippen LogP contribution in [0.15, 0.2) is 57.3 Å². The third-order valence-electron chi connectivity index (χ3n) is 4.52. The number of thiazole rings is 1. The third kappa shape index (κ3) is 3.01. The molecule has 1 aromatic heterocycles. The molecule has 0 N–H and O–H groups in total. The number of hydrogen-bond donors (Lipinski definition) is 0. The molecule has 122 valence electrons. The average Bonchev–Trinajstić information content (AvgIpc) is 3.33. The summed E-state index contributed by atoms with van der Waals surface area (Å²) < 4.78 is 3.55. The Bertz CT molecular complexity index is 964. The van der Waals surface area contributed by atoms with Gasteiger partial charge in [-0.2, -0.15) is 0 Å². The first-order chi connectivity index (χ1) is 11.6. The van der Waals surface area contributed by atoms with Crippen LogP contribution in [0.3, 0.4) is 0 Å². The van der Waals surface area contributed by atoms with E-state index in [-0.39, 0.29) is 0 Å². The maximum atomic E-state index is 4.95. The standard InChI is InChI=1S/C20H19BrN2S/c1-13-7-8-15(11-14(13)2)22-20-23(16-9-10-16)19(12-24-20)17-5-3-4-6-18(17)21/h3-8,11-12,16H,9-10H2,1-2H3. The summed E-state index contributed by atoms with van der Waals surface area (Å²) in [5, 5.41) is 2.23. The molecule has 0 aliphatic heterocycles. The van der Waals surface area contributed by atoms with Crippen molar-refractivity contribution in [3.05, 3.63) is 68.2 Å². The molecule has 2 aromatic carbocycles. The predicted octanol–water partition coefficient (Wildman–Crippen LogP) is 6.16. The molecular formula is C20H19BrN2S. The van der Waals surface area contributed by atoms with E-state index in [1.165, 1.54) is 35.2 Å². The Morgan fingerprint density at radius 2 is 1.88 bits per heavy atom. The Hall–Kier alpha value is -1.65. The highest BCUT2D eigenvalue weighted by molar-refractivity contribution is 9.10. The highest BCUT2D eigenvalue weighted by atomic mass is 79.9. The first-order valence-electron chi connectivity index (χ1n) is 8.20. The summed E-state index contributed by atoms with van der Waals surface area (Å²) in [4.78, 5) is 6.04. The van der Waals surface area contributed by atoms with E-state index in [2.05, 4.69) is 82.2 Å². The van der Waals surface area contributed by atoms with Crippen LogP contribution >= 0.6 is 27.3 Å². The number of rotatable bonds is 3. The highest BCUT2D eigenvalue weighted by Crippen LogP contribution is 2.39. The molecule has 24 heavy (non-hydrogen) atoms. The highest BCUT2D eigenvalue weighted by Gasteiger charge is 2.27. The molecular weight excluding hydrogens is 380 g/mol. The van der Waals surface area contributed by atoms with Gasteiger partial charge < -0.3 is 4.57 Å². The van der Waals surface area contributed by atoms with Gasteiger partial charge in [-0.3, -0.25) is 0 Å². The summed E-state index contributed by atoms with van der Waals surface area (Å²) in [6.07, 6.45) is 2.49. The summed E-state index contributed by atoms with van der Waals surface area (Å²) in [5.41, 5.74) is 6.13. The van der Waals surface area contributed by atoms with Crippen LogP contribution in [0, 0.1) is 13.8 Å². The number of nitrogens with zero attached hydrogens (tertiary/aromatic N) is 2. The summed E-state index contributed by atoms with van der Waals surface area (Å²) >= 11 is 5.42. The van der Waals surface area contributed by atoms with Crippen molar-refractivity contribution in [3.63, 3.8) is 0 Å². The molecule has 0 atom stereocenters. The Morgan fingerprint density at radius 1 is 1.08 bits per heavy atom. The van der Waals surface area contributed by atoms with Gasteiger partial charge in [-0.1, -0.05) is 40.2 Å². The Balaban J connectivity index is 1.87. The van der Waals surface area contributed by atoms with Gasteiger partial charge in [0, 0.05) is 21.5 Å². The molecule has 3 aromatic rings. The van der Waals surface area contributed by atoms with Crippen LogP contribution in [0.5, 0.6) is 0 Å². The normalized spacial score (nSPS) is 15.0. The van der Waals surface area contributed by atoms with Crippen LogP contribution in [0.1, 0.15) is 30.0 Å². The lowest BCUT2D eigenvalue weighted by molar-refractivity contribution is 0.724. The van der Waals surface area contributed by atoms with E-state index in [9.17, 15) is 0 Å². The molecule has 0 radical (unpaired) electrons. The first kappa shape index (κ1) is 15.9. The molecule has 0 amide bonds. The first-order valence-corrected chi connectivity index (χ1v) is 9.87. The topological polar surface area (TPSA) is 17.3 Å². The average molecular weight is 399 g/mol. The number of benzene rings is 2. The molecule has 1 fully saturated rings. The SMILES string of the molecule is Cc1ccc(N=c2scc(-c3ccccc3Br)n2C2CC2)cc1C. The smallest absolute Gasteiger partial charge is 0.190 e. The molecule has 1 aliphatic carbocycles. The van der Waals surface area contributed by atoms with Gasteiger partial charge in [0.25, 0.3) is 0 Å². The van der Waals surface area contributed by atoms with Crippen LogP contribution in [0.25, 0.3) is 11.3 Å². The van der Waals surface area contributed by atoms with E-state index in [1.807, 2.05) is 0 Å². The van der Waals surface area contributed by atoms with E-state index in [4.69, 9.17) is 4.99 Å². The lowest BCUT2D eigenvalue weighted by Crippen LogP contribution is -2.14. The fourth-order valence-electron chi connectivity index (χ4n) is 2.86. The molecule has 4 heteroatoms. The zero-order valence-corrected chi connectivity index (χ0v) is 16.2. The summed E-state index contributed by atoms with van der Waals surface area (Å²) in [6.45, 7) is 4.28. The van der Waals surface area contributed by atoms with Gasteiger partial charge in [0.1, 0.15) is 0 Å². The van der Waals surface area contributed by atoms with Crippen molar-refractivity contribution in [1.29, 1.82) is 0 Å². The van der Waals surface area contributed by atoms with Crippen molar-refractivity contribution in [2.75, 3.05) is 0 Å². The van der Waals surface area contributed by atoms with Crippen LogP contribution in [-0.4, -0.2) is 4.57 Å². The summed E-state index contributed by atoms with van der Waals surface area (Å²) in [5.74, 6) is 0. The minimum Gasteiger partial charge on any atom is -0.313 e. The second-order valence-corrected chi connectivity index (χ2v) is 8.06. The fourth-order valence-corrected chi connectivity index (χ4v) is 4.32. The van der Waals surface area contributed by atoms with Crippen molar-refractivity contribution in [3.8, 4) is 11.3 Å². The van der Waals surface area contributed by atoms with Crippen molar-refractivity contribution in [1.82, 2.24) is 4.57 Å². The van der Waals surface area contributed by atoms with Crippen molar-refractivity contribution < 1.29 is 0 Å². The van der Waals surface area contributed by atoms with Crippen LogP contribution in [0.2, 0.25) is 0 Å². The summed E-state index contributed by atoms with van der Waals surface area (Å²) in [7, 11) is 0. The van der Waals surface area contributed by atoms with Crippen LogP contribution in [0.4, 0.5) is 5.69 Å². The molecule has 0 spiro atoms. The maximum absolute atomic E-state index is 4.95. The third-order valence-corrected chi connectivity index (χ3v) is 6.05. The molecule has 1 heterocycles. The lowest BCUT2D eigenvalue weighted by atomic mass is 10.1. The molecule has 2 nitrogen and oxygen atoms in total. The molecule has 4 rings (SSSR count).